The first-order valence-electron chi connectivity index (χ1n) is 10.4. The summed E-state index contributed by atoms with van der Waals surface area (Å²) in [7, 11) is 2.34. The van der Waals surface area contributed by atoms with E-state index in [4.69, 9.17) is 14.2 Å². The third kappa shape index (κ3) is 2.91. The summed E-state index contributed by atoms with van der Waals surface area (Å²) in [4.78, 5) is 57.7. The number of carbonyl (C=O) groups is 4. The van der Waals surface area contributed by atoms with Gasteiger partial charge in [-0.1, -0.05) is 18.2 Å². The number of piperidine rings is 1. The van der Waals surface area contributed by atoms with Crippen molar-refractivity contribution in [3.8, 4) is 0 Å². The van der Waals surface area contributed by atoms with Crippen LogP contribution in [0.1, 0.15) is 44.5 Å². The van der Waals surface area contributed by atoms with Crippen molar-refractivity contribution in [1.29, 1.82) is 0 Å². The van der Waals surface area contributed by atoms with Crippen molar-refractivity contribution in [2.24, 2.45) is 5.92 Å². The molecule has 1 aromatic heterocycles. The van der Waals surface area contributed by atoms with E-state index in [9.17, 15) is 19.2 Å². The van der Waals surface area contributed by atoms with Crippen LogP contribution in [0.15, 0.2) is 24.3 Å². The number of ketones is 1. The minimum atomic E-state index is -1.98. The molecule has 1 saturated heterocycles. The van der Waals surface area contributed by atoms with Gasteiger partial charge in [0.25, 0.3) is 0 Å². The molecule has 1 amide bonds. The molecule has 2 bridgehead atoms. The van der Waals surface area contributed by atoms with Crippen LogP contribution in [0.25, 0.3) is 10.9 Å². The van der Waals surface area contributed by atoms with Gasteiger partial charge in [-0.3, -0.25) is 19.3 Å². The number of ether oxygens (including phenoxy) is 3. The number of rotatable bonds is 2. The smallest absolute Gasteiger partial charge is 0.411 e. The lowest BCUT2D eigenvalue weighted by molar-refractivity contribution is -0.171. The van der Waals surface area contributed by atoms with Gasteiger partial charge in [-0.05, 0) is 33.3 Å². The third-order valence-corrected chi connectivity index (χ3v) is 6.16. The Balaban J connectivity index is 2.02. The zero-order chi connectivity index (χ0) is 23.4. The number of Topliss-reactive ketones (excluding diaryl/α,β-unsaturated/α-hetero) is 1. The normalized spacial score (nSPS) is 21.7. The van der Waals surface area contributed by atoms with E-state index in [-0.39, 0.29) is 18.7 Å². The summed E-state index contributed by atoms with van der Waals surface area (Å²) in [5.41, 5.74) is -1.50. The number of benzene rings is 1. The van der Waals surface area contributed by atoms with Crippen molar-refractivity contribution in [2.75, 3.05) is 20.8 Å². The van der Waals surface area contributed by atoms with Gasteiger partial charge in [-0.25, -0.2) is 4.79 Å². The van der Waals surface area contributed by atoms with Crippen LogP contribution in [-0.2, 0) is 34.0 Å². The van der Waals surface area contributed by atoms with E-state index in [1.165, 1.54) is 19.1 Å². The van der Waals surface area contributed by atoms with E-state index >= 15 is 0 Å². The monoisotopic (exact) mass is 442 g/mol. The Hall–Kier alpha value is -3.36. The molecule has 0 spiro atoms. The van der Waals surface area contributed by atoms with Crippen molar-refractivity contribution in [2.45, 2.75) is 44.2 Å². The number of para-hydroxylation sites is 1. The molecule has 1 N–H and O–H groups in total. The first kappa shape index (κ1) is 21.9. The highest BCUT2D eigenvalue weighted by atomic mass is 16.6. The number of fused-ring (bicyclic) bond motifs is 6. The van der Waals surface area contributed by atoms with Crippen molar-refractivity contribution in [3.63, 3.8) is 0 Å². The Morgan fingerprint density at radius 1 is 1.09 bits per heavy atom. The zero-order valence-corrected chi connectivity index (χ0v) is 18.7. The van der Waals surface area contributed by atoms with Crippen molar-refractivity contribution >= 4 is 34.7 Å². The summed E-state index contributed by atoms with van der Waals surface area (Å²) >= 11 is 0. The molecule has 2 aromatic rings. The number of H-pyrrole nitrogens is 1. The van der Waals surface area contributed by atoms with E-state index in [2.05, 4.69) is 4.98 Å². The van der Waals surface area contributed by atoms with Crippen LogP contribution in [0, 0.1) is 5.92 Å². The molecular weight excluding hydrogens is 416 g/mol. The molecule has 1 aromatic carbocycles. The maximum atomic E-state index is 13.8. The highest BCUT2D eigenvalue weighted by Crippen LogP contribution is 2.53. The molecule has 2 atom stereocenters. The molecule has 4 rings (SSSR count). The predicted molar refractivity (Wildman–Crippen MR) is 113 cm³/mol. The maximum Gasteiger partial charge on any atom is 0.411 e. The number of esters is 2. The van der Waals surface area contributed by atoms with Gasteiger partial charge in [0.2, 0.25) is 5.41 Å². The second kappa shape index (κ2) is 7.36. The molecule has 0 saturated carbocycles. The zero-order valence-electron chi connectivity index (χ0n) is 18.7. The summed E-state index contributed by atoms with van der Waals surface area (Å²) in [5.74, 6) is -3.22. The molecule has 1 aliphatic carbocycles. The van der Waals surface area contributed by atoms with Crippen LogP contribution in [0.4, 0.5) is 4.79 Å². The first-order chi connectivity index (χ1) is 15.1. The summed E-state index contributed by atoms with van der Waals surface area (Å²) in [6, 6.07) is 6.13. The van der Waals surface area contributed by atoms with Crippen molar-refractivity contribution in [3.05, 3.63) is 35.5 Å². The van der Waals surface area contributed by atoms with E-state index in [1.807, 2.05) is 0 Å². The van der Waals surface area contributed by atoms with E-state index in [1.54, 1.807) is 45.0 Å². The van der Waals surface area contributed by atoms with Crippen LogP contribution >= 0.6 is 0 Å². The third-order valence-electron chi connectivity index (χ3n) is 6.16. The standard InChI is InChI=1S/C23H26N2O7/c1-22(2,3)32-21(29)25-11-10-13-17(26)16(25)15-12-8-6-7-9-14(12)24-18(15)23(13,19(27)30-4)20(28)31-5/h6-9,13,16,24H,10-11H2,1-5H3/t13-,16-/m1/s1. The van der Waals surface area contributed by atoms with Crippen molar-refractivity contribution < 1.29 is 33.4 Å². The Morgan fingerprint density at radius 3 is 2.31 bits per heavy atom. The topological polar surface area (TPSA) is 115 Å². The largest absolute Gasteiger partial charge is 0.468 e. The lowest BCUT2D eigenvalue weighted by atomic mass is 9.60. The minimum absolute atomic E-state index is 0.0770. The number of hydrogen-bond acceptors (Lipinski definition) is 7. The van der Waals surface area contributed by atoms with E-state index < -0.39 is 46.8 Å². The van der Waals surface area contributed by atoms with E-state index in [0.717, 1.165) is 0 Å². The lowest BCUT2D eigenvalue weighted by Gasteiger charge is -2.48. The summed E-state index contributed by atoms with van der Waals surface area (Å²) < 4.78 is 15.6. The molecule has 170 valence electrons. The number of hydrogen-bond donors (Lipinski definition) is 1. The maximum absolute atomic E-state index is 13.8. The number of carbonyl (C=O) groups excluding carboxylic acids is 4. The summed E-state index contributed by atoms with van der Waals surface area (Å²) in [6.07, 6.45) is -0.553. The first-order valence-corrected chi connectivity index (χ1v) is 10.4. The van der Waals surface area contributed by atoms with Crippen LogP contribution in [0.2, 0.25) is 0 Å². The molecule has 1 fully saturated rings. The SMILES string of the molecule is COC(=O)C1(C(=O)OC)c2[nH]c3ccccc3c2[C@@H]2C(=O)[C@H]1CCN2C(=O)OC(C)(C)C. The van der Waals surface area contributed by atoms with E-state index in [0.29, 0.717) is 16.5 Å². The van der Waals surface area contributed by atoms with Gasteiger partial charge in [0.05, 0.1) is 25.8 Å². The van der Waals surface area contributed by atoms with Gasteiger partial charge in [0.1, 0.15) is 11.6 Å². The number of amides is 1. The van der Waals surface area contributed by atoms with Gasteiger partial charge in [-0.15, -0.1) is 0 Å². The van der Waals surface area contributed by atoms with Crippen molar-refractivity contribution in [1.82, 2.24) is 9.88 Å². The van der Waals surface area contributed by atoms with Crippen LogP contribution in [0.3, 0.4) is 0 Å². The molecular formula is C23H26N2O7. The minimum Gasteiger partial charge on any atom is -0.468 e. The molecule has 9 nitrogen and oxygen atoms in total. The van der Waals surface area contributed by atoms with Gasteiger partial charge in [0.15, 0.2) is 5.78 Å². The Labute approximate surface area is 185 Å². The average molecular weight is 442 g/mol. The average Bonchev–Trinajstić information content (AvgIpc) is 3.11. The number of likely N-dealkylation sites (tertiary alicyclic amines) is 1. The molecule has 0 unspecified atom stereocenters. The highest BCUT2D eigenvalue weighted by molar-refractivity contribution is 6.16. The molecule has 2 heterocycles. The highest BCUT2D eigenvalue weighted by Gasteiger charge is 2.67. The summed E-state index contributed by atoms with van der Waals surface area (Å²) in [6.45, 7) is 5.37. The predicted octanol–water partition coefficient (Wildman–Crippen LogP) is 2.63. The van der Waals surface area contributed by atoms with Crippen LogP contribution < -0.4 is 0 Å². The fraction of sp³-hybridized carbons (Fsp3) is 0.478. The van der Waals surface area contributed by atoms with Gasteiger partial charge in [0, 0.05) is 23.0 Å². The van der Waals surface area contributed by atoms with Gasteiger partial charge < -0.3 is 19.2 Å². The lowest BCUT2D eigenvalue weighted by Crippen LogP contribution is -2.63. The second-order valence-electron chi connectivity index (χ2n) is 9.07. The Kier molecular flexibility index (Phi) is 5.02. The molecule has 9 heteroatoms. The van der Waals surface area contributed by atoms with Gasteiger partial charge in [-0.2, -0.15) is 0 Å². The van der Waals surface area contributed by atoms with Gasteiger partial charge >= 0.3 is 18.0 Å². The number of nitrogens with zero attached hydrogens (tertiary/aromatic N) is 1. The number of aromatic nitrogens is 1. The quantitative estimate of drug-likeness (QED) is 0.432. The molecule has 1 aliphatic heterocycles. The Bertz CT molecular complexity index is 1110. The second-order valence-corrected chi connectivity index (χ2v) is 9.07. The fourth-order valence-corrected chi connectivity index (χ4v) is 4.96. The number of methoxy groups -OCH3 is 2. The molecule has 32 heavy (non-hydrogen) atoms. The fourth-order valence-electron chi connectivity index (χ4n) is 4.96. The molecule has 0 radical (unpaired) electrons. The van der Waals surface area contributed by atoms with Crippen LogP contribution in [-0.4, -0.2) is 60.1 Å². The van der Waals surface area contributed by atoms with Crippen LogP contribution in [0.5, 0.6) is 0 Å². The number of aromatic amines is 1. The number of nitrogens with one attached hydrogen (secondary N) is 1. The Morgan fingerprint density at radius 2 is 1.72 bits per heavy atom. The summed E-state index contributed by atoms with van der Waals surface area (Å²) in [5, 5.41) is 0.631. The molecule has 2 aliphatic rings.